The van der Waals surface area contributed by atoms with Gasteiger partial charge in [0.2, 0.25) is 15.9 Å². The van der Waals surface area contributed by atoms with E-state index in [1.165, 1.54) is 12.3 Å². The fourth-order valence-corrected chi connectivity index (χ4v) is 4.29. The second kappa shape index (κ2) is 7.52. The van der Waals surface area contributed by atoms with Crippen LogP contribution >= 0.6 is 0 Å². The van der Waals surface area contributed by atoms with Crippen molar-refractivity contribution in [2.24, 2.45) is 5.92 Å². The lowest BCUT2D eigenvalue weighted by Gasteiger charge is -2.17. The molecule has 8 heteroatoms. The largest absolute Gasteiger partial charge is 0.358 e. The molecule has 2 fully saturated rings. The number of carbonyl (C=O) groups is 1. The molecule has 0 spiro atoms. The average Bonchev–Trinajstić information content (AvgIpc) is 3.46. The SMILES string of the molecule is Cc1ccc(N2CCC(Nc3ccc(S(=O)(=O)NCC4CC4)cn3)C2=O)cc1. The molecule has 148 valence electrons. The number of nitrogens with one attached hydrogen (secondary N) is 2. The molecule has 1 saturated carbocycles. The van der Waals surface area contributed by atoms with E-state index in [2.05, 4.69) is 15.0 Å². The summed E-state index contributed by atoms with van der Waals surface area (Å²) in [7, 11) is -3.53. The summed E-state index contributed by atoms with van der Waals surface area (Å²) in [5, 5.41) is 3.12. The van der Waals surface area contributed by atoms with Crippen molar-refractivity contribution in [1.29, 1.82) is 0 Å². The minimum absolute atomic E-state index is 0.00606. The van der Waals surface area contributed by atoms with Crippen molar-refractivity contribution < 1.29 is 13.2 Å². The lowest BCUT2D eigenvalue weighted by Crippen LogP contribution is -2.33. The van der Waals surface area contributed by atoms with Crippen molar-refractivity contribution >= 4 is 27.4 Å². The molecule has 2 N–H and O–H groups in total. The first-order valence-corrected chi connectivity index (χ1v) is 11.0. The van der Waals surface area contributed by atoms with E-state index >= 15 is 0 Å². The van der Waals surface area contributed by atoms with Gasteiger partial charge >= 0.3 is 0 Å². The number of nitrogens with zero attached hydrogens (tertiary/aromatic N) is 2. The first kappa shape index (κ1) is 18.9. The van der Waals surface area contributed by atoms with Crippen molar-refractivity contribution in [2.45, 2.75) is 37.1 Å². The highest BCUT2D eigenvalue weighted by Crippen LogP contribution is 2.28. The Bertz CT molecular complexity index is 954. The number of aromatic nitrogens is 1. The lowest BCUT2D eigenvalue weighted by molar-refractivity contribution is -0.117. The van der Waals surface area contributed by atoms with Gasteiger partial charge < -0.3 is 10.2 Å². The van der Waals surface area contributed by atoms with Gasteiger partial charge in [-0.05, 0) is 56.4 Å². The molecule has 1 unspecified atom stereocenters. The lowest BCUT2D eigenvalue weighted by atomic mass is 10.2. The van der Waals surface area contributed by atoms with Crippen molar-refractivity contribution in [2.75, 3.05) is 23.3 Å². The standard InChI is InChI=1S/C20H24N4O3S/c1-14-2-6-16(7-3-14)24-11-10-18(20(24)25)23-19-9-8-17(13-21-19)28(26,27)22-12-15-4-5-15/h2-3,6-9,13,15,18,22H,4-5,10-12H2,1H3,(H,21,23). The predicted octanol–water partition coefficient (Wildman–Crippen LogP) is 2.30. The van der Waals surface area contributed by atoms with Crippen molar-refractivity contribution in [3.05, 3.63) is 48.2 Å². The average molecular weight is 401 g/mol. The highest BCUT2D eigenvalue weighted by molar-refractivity contribution is 7.89. The molecular formula is C20H24N4O3S. The highest BCUT2D eigenvalue weighted by Gasteiger charge is 2.32. The summed E-state index contributed by atoms with van der Waals surface area (Å²) >= 11 is 0. The zero-order valence-electron chi connectivity index (χ0n) is 15.8. The molecule has 1 saturated heterocycles. The summed E-state index contributed by atoms with van der Waals surface area (Å²) < 4.78 is 27.1. The molecule has 2 aromatic rings. The third-order valence-electron chi connectivity index (χ3n) is 5.18. The minimum Gasteiger partial charge on any atom is -0.358 e. The van der Waals surface area contributed by atoms with Crippen LogP contribution in [0.25, 0.3) is 0 Å². The summed E-state index contributed by atoms with van der Waals surface area (Å²) in [4.78, 5) is 18.8. The van der Waals surface area contributed by atoms with E-state index < -0.39 is 10.0 Å². The van der Waals surface area contributed by atoms with E-state index in [1.807, 2.05) is 31.2 Å². The molecule has 1 aliphatic carbocycles. The smallest absolute Gasteiger partial charge is 0.249 e. The Morgan fingerprint density at radius 2 is 1.86 bits per heavy atom. The monoisotopic (exact) mass is 400 g/mol. The van der Waals surface area contributed by atoms with Gasteiger partial charge in [-0.3, -0.25) is 4.79 Å². The first-order chi connectivity index (χ1) is 13.4. The number of hydrogen-bond donors (Lipinski definition) is 2. The summed E-state index contributed by atoms with van der Waals surface area (Å²) in [5.41, 5.74) is 2.03. The Morgan fingerprint density at radius 1 is 1.11 bits per heavy atom. The summed E-state index contributed by atoms with van der Waals surface area (Å²) in [6, 6.07) is 10.6. The number of sulfonamides is 1. The van der Waals surface area contributed by atoms with E-state index in [4.69, 9.17) is 0 Å². The van der Waals surface area contributed by atoms with Gasteiger partial charge in [0.05, 0.1) is 0 Å². The molecule has 0 bridgehead atoms. The summed E-state index contributed by atoms with van der Waals surface area (Å²) in [6.07, 6.45) is 4.16. The number of benzene rings is 1. The molecule has 1 amide bonds. The Balaban J connectivity index is 1.39. The zero-order valence-corrected chi connectivity index (χ0v) is 16.6. The van der Waals surface area contributed by atoms with Crippen molar-refractivity contribution in [3.63, 3.8) is 0 Å². The Morgan fingerprint density at radius 3 is 2.50 bits per heavy atom. The number of hydrogen-bond acceptors (Lipinski definition) is 5. The van der Waals surface area contributed by atoms with Crippen LogP contribution in [-0.2, 0) is 14.8 Å². The number of aryl methyl sites for hydroxylation is 1. The number of anilines is 2. The first-order valence-electron chi connectivity index (χ1n) is 9.53. The number of rotatable bonds is 7. The van der Waals surface area contributed by atoms with Crippen LogP contribution in [0.1, 0.15) is 24.8 Å². The number of amides is 1. The third-order valence-corrected chi connectivity index (χ3v) is 6.59. The Labute approximate surface area is 165 Å². The molecule has 1 aromatic carbocycles. The van der Waals surface area contributed by atoms with Crippen LogP contribution in [0.5, 0.6) is 0 Å². The van der Waals surface area contributed by atoms with Crippen LogP contribution in [0.3, 0.4) is 0 Å². The van der Waals surface area contributed by atoms with Gasteiger partial charge in [-0.15, -0.1) is 0 Å². The Hall–Kier alpha value is -2.45. The van der Waals surface area contributed by atoms with E-state index in [-0.39, 0.29) is 16.8 Å². The molecule has 2 aliphatic rings. The predicted molar refractivity (Wildman–Crippen MR) is 108 cm³/mol. The molecule has 1 aliphatic heterocycles. The summed E-state index contributed by atoms with van der Waals surface area (Å²) in [6.45, 7) is 3.13. The van der Waals surface area contributed by atoms with Gasteiger partial charge in [-0.2, -0.15) is 0 Å². The molecular weight excluding hydrogens is 376 g/mol. The molecule has 28 heavy (non-hydrogen) atoms. The van der Waals surface area contributed by atoms with Crippen molar-refractivity contribution in [1.82, 2.24) is 9.71 Å². The number of pyridine rings is 1. The Kier molecular flexibility index (Phi) is 5.07. The van der Waals surface area contributed by atoms with Crippen LogP contribution in [0.15, 0.2) is 47.5 Å². The number of carbonyl (C=O) groups excluding carboxylic acids is 1. The summed E-state index contributed by atoms with van der Waals surface area (Å²) in [5.74, 6) is 0.951. The quantitative estimate of drug-likeness (QED) is 0.744. The highest BCUT2D eigenvalue weighted by atomic mass is 32.2. The fourth-order valence-electron chi connectivity index (χ4n) is 3.23. The third kappa shape index (κ3) is 4.18. The fraction of sp³-hybridized carbons (Fsp3) is 0.400. The molecule has 4 rings (SSSR count). The van der Waals surface area contributed by atoms with Gasteiger partial charge in [-0.1, -0.05) is 17.7 Å². The van der Waals surface area contributed by atoms with Gasteiger partial charge in [0.25, 0.3) is 0 Å². The van der Waals surface area contributed by atoms with Crippen LogP contribution in [0.2, 0.25) is 0 Å². The van der Waals surface area contributed by atoms with E-state index in [0.29, 0.717) is 31.2 Å². The van der Waals surface area contributed by atoms with Gasteiger partial charge in [0.1, 0.15) is 16.8 Å². The van der Waals surface area contributed by atoms with Crippen LogP contribution < -0.4 is 14.9 Å². The van der Waals surface area contributed by atoms with Crippen LogP contribution in [0, 0.1) is 12.8 Å². The van der Waals surface area contributed by atoms with Gasteiger partial charge in [0.15, 0.2) is 0 Å². The maximum absolute atomic E-state index is 12.7. The van der Waals surface area contributed by atoms with E-state index in [9.17, 15) is 13.2 Å². The molecule has 7 nitrogen and oxygen atoms in total. The van der Waals surface area contributed by atoms with E-state index in [1.54, 1.807) is 11.0 Å². The van der Waals surface area contributed by atoms with Crippen LogP contribution in [0.4, 0.5) is 11.5 Å². The second-order valence-corrected chi connectivity index (χ2v) is 9.25. The maximum atomic E-state index is 12.7. The molecule has 2 heterocycles. The normalized spacial score (nSPS) is 19.8. The van der Waals surface area contributed by atoms with E-state index in [0.717, 1.165) is 24.1 Å². The second-order valence-electron chi connectivity index (χ2n) is 7.49. The van der Waals surface area contributed by atoms with Crippen molar-refractivity contribution in [3.8, 4) is 0 Å². The zero-order chi connectivity index (χ0) is 19.7. The molecule has 1 atom stereocenters. The minimum atomic E-state index is -3.53. The molecule has 1 aromatic heterocycles. The van der Waals surface area contributed by atoms with Crippen LogP contribution in [-0.4, -0.2) is 38.4 Å². The van der Waals surface area contributed by atoms with Gasteiger partial charge in [-0.25, -0.2) is 18.1 Å². The topological polar surface area (TPSA) is 91.4 Å². The maximum Gasteiger partial charge on any atom is 0.249 e. The molecule has 0 radical (unpaired) electrons. The van der Waals surface area contributed by atoms with Gasteiger partial charge in [0, 0.05) is 25.0 Å².